The largest absolute Gasteiger partial charge is 0.373 e. The zero-order valence-corrected chi connectivity index (χ0v) is 15.2. The highest BCUT2D eigenvalue weighted by molar-refractivity contribution is 5.88. The third-order valence-electron chi connectivity index (χ3n) is 1.81. The van der Waals surface area contributed by atoms with E-state index < -0.39 is 23.1 Å². The summed E-state index contributed by atoms with van der Waals surface area (Å²) in [6.07, 6.45) is 0. The minimum atomic E-state index is -0.538. The molecule has 0 aliphatic heterocycles. The molecule has 24 heavy (non-hydrogen) atoms. The van der Waals surface area contributed by atoms with E-state index in [4.69, 9.17) is 4.89 Å². The van der Waals surface area contributed by atoms with Gasteiger partial charge in [-0.15, -0.1) is 0 Å². The maximum atomic E-state index is 11.3. The van der Waals surface area contributed by atoms with Crippen LogP contribution in [-0.2, 0) is 29.4 Å². The lowest BCUT2D eigenvalue weighted by Crippen LogP contribution is -2.21. The van der Waals surface area contributed by atoms with E-state index in [9.17, 15) is 9.59 Å². The second-order valence-electron chi connectivity index (χ2n) is 6.77. The Morgan fingerprint density at radius 2 is 1.29 bits per heavy atom. The third kappa shape index (κ3) is 13.7. The van der Waals surface area contributed by atoms with Crippen LogP contribution in [0.5, 0.6) is 0 Å². The molecule has 0 aliphatic rings. The van der Waals surface area contributed by atoms with Crippen LogP contribution >= 0.6 is 0 Å². The van der Waals surface area contributed by atoms with Crippen LogP contribution in [0.4, 0.5) is 0 Å². The normalized spacial score (nSPS) is 11.1. The van der Waals surface area contributed by atoms with Crippen molar-refractivity contribution >= 4 is 11.9 Å². The van der Waals surface area contributed by atoms with Crippen molar-refractivity contribution < 1.29 is 34.2 Å². The Morgan fingerprint density at radius 3 is 1.71 bits per heavy atom. The lowest BCUT2D eigenvalue weighted by molar-refractivity contribution is -0.514. The molecule has 0 spiro atoms. The maximum Gasteiger partial charge on any atom is 0.373 e. The SMILES string of the molecule is CC(=O)OOOC(C)(C)C.CC(C)(C)OOC(=O)c1ccccc1. The van der Waals surface area contributed by atoms with Crippen molar-refractivity contribution in [3.63, 3.8) is 0 Å². The van der Waals surface area contributed by atoms with Crippen molar-refractivity contribution in [3.05, 3.63) is 35.9 Å². The van der Waals surface area contributed by atoms with E-state index in [2.05, 4.69) is 19.7 Å². The molecule has 0 N–H and O–H groups in total. The molecular formula is C17H26O7. The van der Waals surface area contributed by atoms with Crippen LogP contribution < -0.4 is 0 Å². The molecule has 0 unspecified atom stereocenters. The van der Waals surface area contributed by atoms with E-state index in [1.54, 1.807) is 45.0 Å². The third-order valence-corrected chi connectivity index (χ3v) is 1.81. The Balaban J connectivity index is 0.000000470. The average molecular weight is 342 g/mol. The van der Waals surface area contributed by atoms with Crippen molar-refractivity contribution in [2.24, 2.45) is 0 Å². The molecule has 0 saturated heterocycles. The molecule has 136 valence electrons. The summed E-state index contributed by atoms with van der Waals surface area (Å²) >= 11 is 0. The highest BCUT2D eigenvalue weighted by Gasteiger charge is 2.16. The monoisotopic (exact) mass is 342 g/mol. The summed E-state index contributed by atoms with van der Waals surface area (Å²) in [4.78, 5) is 39.6. The highest BCUT2D eigenvalue weighted by Crippen LogP contribution is 2.10. The molecule has 0 bridgehead atoms. The fourth-order valence-corrected chi connectivity index (χ4v) is 0.952. The first-order valence-corrected chi connectivity index (χ1v) is 7.39. The van der Waals surface area contributed by atoms with Gasteiger partial charge in [0, 0.05) is 6.92 Å². The summed E-state index contributed by atoms with van der Waals surface area (Å²) in [7, 11) is 0. The van der Waals surface area contributed by atoms with Gasteiger partial charge in [0.25, 0.3) is 0 Å². The van der Waals surface area contributed by atoms with Gasteiger partial charge in [-0.05, 0) is 58.7 Å². The van der Waals surface area contributed by atoms with Gasteiger partial charge in [-0.1, -0.05) is 18.2 Å². The van der Waals surface area contributed by atoms with Crippen LogP contribution in [0.1, 0.15) is 58.8 Å². The van der Waals surface area contributed by atoms with Crippen molar-refractivity contribution in [1.82, 2.24) is 0 Å². The molecule has 0 radical (unpaired) electrons. The van der Waals surface area contributed by atoms with Crippen LogP contribution in [0.15, 0.2) is 30.3 Å². The van der Waals surface area contributed by atoms with Gasteiger partial charge in [0.2, 0.25) is 0 Å². The Morgan fingerprint density at radius 1 is 0.792 bits per heavy atom. The predicted molar refractivity (Wildman–Crippen MR) is 86.4 cm³/mol. The molecule has 0 fully saturated rings. The first-order valence-electron chi connectivity index (χ1n) is 7.39. The summed E-state index contributed by atoms with van der Waals surface area (Å²) in [5.74, 6) is -1.01. The molecule has 0 saturated carbocycles. The van der Waals surface area contributed by atoms with E-state index >= 15 is 0 Å². The number of benzene rings is 1. The maximum absolute atomic E-state index is 11.3. The summed E-state index contributed by atoms with van der Waals surface area (Å²) in [5, 5.41) is 4.11. The van der Waals surface area contributed by atoms with Gasteiger partial charge in [0.1, 0.15) is 5.60 Å². The standard InChI is InChI=1S/C11H14O3.C6H12O4/c1-11(2,3)14-13-10(12)9-7-5-4-6-8-9;1-5(7)8-10-9-6(2,3)4/h4-8H,1-3H3;1-4H3. The smallest absolute Gasteiger partial charge is 0.292 e. The van der Waals surface area contributed by atoms with Gasteiger partial charge in [-0.3, -0.25) is 9.78 Å². The van der Waals surface area contributed by atoms with Crippen molar-refractivity contribution in [3.8, 4) is 0 Å². The van der Waals surface area contributed by atoms with Crippen molar-refractivity contribution in [2.45, 2.75) is 59.7 Å². The Kier molecular flexibility index (Phi) is 9.20. The van der Waals surface area contributed by atoms with E-state index in [-0.39, 0.29) is 0 Å². The molecule has 0 amide bonds. The molecule has 0 aliphatic carbocycles. The minimum absolute atomic E-state index is 0.463. The molecule has 1 aromatic rings. The number of hydrogen-bond acceptors (Lipinski definition) is 7. The molecular weight excluding hydrogens is 316 g/mol. The minimum Gasteiger partial charge on any atom is -0.292 e. The number of hydrogen-bond donors (Lipinski definition) is 0. The van der Waals surface area contributed by atoms with Gasteiger partial charge < -0.3 is 0 Å². The highest BCUT2D eigenvalue weighted by atomic mass is 17.5. The first kappa shape index (κ1) is 22.0. The van der Waals surface area contributed by atoms with Gasteiger partial charge in [-0.25, -0.2) is 9.59 Å². The van der Waals surface area contributed by atoms with Gasteiger partial charge >= 0.3 is 11.9 Å². The Bertz CT molecular complexity index is 498. The van der Waals surface area contributed by atoms with Gasteiger partial charge in [0.05, 0.1) is 11.2 Å². The average Bonchev–Trinajstić information content (AvgIpc) is 2.44. The second kappa shape index (κ2) is 10.0. The Labute approximate surface area is 142 Å². The molecule has 0 atom stereocenters. The van der Waals surface area contributed by atoms with Crippen molar-refractivity contribution in [2.75, 3.05) is 0 Å². The molecule has 0 heterocycles. The summed E-state index contributed by atoms with van der Waals surface area (Å²) in [6, 6.07) is 8.73. The number of carbonyl (C=O) groups is 2. The van der Waals surface area contributed by atoms with Crippen molar-refractivity contribution in [1.29, 1.82) is 0 Å². The predicted octanol–water partition coefficient (Wildman–Crippen LogP) is 3.78. The molecule has 7 nitrogen and oxygen atoms in total. The fourth-order valence-electron chi connectivity index (χ4n) is 0.952. The fraction of sp³-hybridized carbons (Fsp3) is 0.529. The number of carbonyl (C=O) groups excluding carboxylic acids is 2. The summed E-state index contributed by atoms with van der Waals surface area (Å²) in [6.45, 7) is 12.0. The zero-order valence-electron chi connectivity index (χ0n) is 15.2. The Hall–Kier alpha value is -1.96. The van der Waals surface area contributed by atoms with Crippen LogP contribution in [0.3, 0.4) is 0 Å². The van der Waals surface area contributed by atoms with Crippen LogP contribution in [0.2, 0.25) is 0 Å². The lowest BCUT2D eigenvalue weighted by atomic mass is 10.2. The summed E-state index contributed by atoms with van der Waals surface area (Å²) in [5.41, 5.74) is -0.461. The van der Waals surface area contributed by atoms with Crippen LogP contribution in [0, 0.1) is 0 Å². The van der Waals surface area contributed by atoms with Crippen LogP contribution in [0.25, 0.3) is 0 Å². The first-order chi connectivity index (χ1) is 10.9. The quantitative estimate of drug-likeness (QED) is 0.608. The second-order valence-corrected chi connectivity index (χ2v) is 6.77. The molecule has 1 rings (SSSR count). The lowest BCUT2D eigenvalue weighted by Gasteiger charge is -2.16. The topological polar surface area (TPSA) is 80.3 Å². The molecule has 1 aromatic carbocycles. The van der Waals surface area contributed by atoms with E-state index in [1.807, 2.05) is 26.8 Å². The number of rotatable bonds is 4. The summed E-state index contributed by atoms with van der Waals surface area (Å²) < 4.78 is 0. The van der Waals surface area contributed by atoms with Gasteiger partial charge in [-0.2, -0.15) is 9.78 Å². The van der Waals surface area contributed by atoms with E-state index in [0.717, 1.165) is 0 Å². The zero-order chi connectivity index (χ0) is 18.8. The van der Waals surface area contributed by atoms with E-state index in [0.29, 0.717) is 5.56 Å². The van der Waals surface area contributed by atoms with Gasteiger partial charge in [0.15, 0.2) is 0 Å². The van der Waals surface area contributed by atoms with E-state index in [1.165, 1.54) is 6.92 Å². The van der Waals surface area contributed by atoms with Crippen LogP contribution in [-0.4, -0.2) is 23.1 Å². The molecule has 7 heteroatoms. The molecule has 0 aromatic heterocycles.